The largest absolute Gasteiger partial charge is 0.504 e. The lowest BCUT2D eigenvalue weighted by Crippen LogP contribution is -1.96. The zero-order valence-electron chi connectivity index (χ0n) is 6.84. The first kappa shape index (κ1) is 10.3. The van der Waals surface area contributed by atoms with E-state index >= 15 is 0 Å². The Morgan fingerprint density at radius 1 is 1.62 bits per heavy atom. The van der Waals surface area contributed by atoms with Gasteiger partial charge in [0.1, 0.15) is 0 Å². The van der Waals surface area contributed by atoms with Crippen LogP contribution in [-0.2, 0) is 6.61 Å². The van der Waals surface area contributed by atoms with Crippen molar-refractivity contribution >= 4 is 15.9 Å². The van der Waals surface area contributed by atoms with E-state index in [1.165, 1.54) is 13.2 Å². The monoisotopic (exact) mass is 250 g/mol. The Labute approximate surface area is 82.9 Å². The molecule has 0 aliphatic carbocycles. The minimum atomic E-state index is -0.874. The van der Waals surface area contributed by atoms with E-state index in [0.717, 1.165) is 0 Å². The van der Waals surface area contributed by atoms with Gasteiger partial charge in [-0.25, -0.2) is 0 Å². The molecule has 0 saturated carbocycles. The van der Waals surface area contributed by atoms with Crippen LogP contribution in [0.5, 0.6) is 11.5 Å². The van der Waals surface area contributed by atoms with Gasteiger partial charge in [-0.1, -0.05) is 0 Å². The molecule has 1 rings (SSSR count). The highest BCUT2D eigenvalue weighted by Crippen LogP contribution is 2.36. The summed E-state index contributed by atoms with van der Waals surface area (Å²) in [4.78, 5) is 0. The lowest BCUT2D eigenvalue weighted by Gasteiger charge is -2.09. The molecule has 13 heavy (non-hydrogen) atoms. The highest BCUT2D eigenvalue weighted by molar-refractivity contribution is 9.10. The molecule has 0 radical (unpaired) electrons. The molecule has 0 aliphatic rings. The van der Waals surface area contributed by atoms with Crippen LogP contribution in [0.1, 0.15) is 5.56 Å². The highest BCUT2D eigenvalue weighted by atomic mass is 79.9. The average Bonchev–Trinajstić information content (AvgIpc) is 2.13. The second-order valence-corrected chi connectivity index (χ2v) is 3.23. The highest BCUT2D eigenvalue weighted by Gasteiger charge is 2.16. The molecule has 0 atom stereocenters. The molecule has 1 aromatic rings. The van der Waals surface area contributed by atoms with Gasteiger partial charge in [-0.3, -0.25) is 0 Å². The molecule has 5 heteroatoms. The Morgan fingerprint density at radius 3 is 2.69 bits per heavy atom. The van der Waals surface area contributed by atoms with Crippen molar-refractivity contribution in [1.29, 1.82) is 0 Å². The van der Waals surface area contributed by atoms with Crippen LogP contribution in [0.3, 0.4) is 0 Å². The summed E-state index contributed by atoms with van der Waals surface area (Å²) in [5.74, 6) is -1.53. The second-order valence-electron chi connectivity index (χ2n) is 2.37. The molecule has 0 amide bonds. The van der Waals surface area contributed by atoms with Crippen molar-refractivity contribution < 1.29 is 19.3 Å². The van der Waals surface area contributed by atoms with Crippen molar-refractivity contribution in [3.63, 3.8) is 0 Å². The van der Waals surface area contributed by atoms with E-state index in [-0.39, 0.29) is 22.4 Å². The van der Waals surface area contributed by atoms with E-state index in [1.807, 2.05) is 0 Å². The number of halogens is 2. The first-order chi connectivity index (χ1) is 6.11. The number of hydrogen-bond donors (Lipinski definition) is 2. The zero-order valence-corrected chi connectivity index (χ0v) is 8.43. The minimum absolute atomic E-state index is 0.136. The first-order valence-electron chi connectivity index (χ1n) is 3.46. The molecular weight excluding hydrogens is 243 g/mol. The van der Waals surface area contributed by atoms with E-state index in [2.05, 4.69) is 20.7 Å². The van der Waals surface area contributed by atoms with Crippen molar-refractivity contribution in [1.82, 2.24) is 0 Å². The second kappa shape index (κ2) is 3.93. The van der Waals surface area contributed by atoms with Gasteiger partial charge in [0.2, 0.25) is 5.82 Å². The van der Waals surface area contributed by atoms with Gasteiger partial charge >= 0.3 is 0 Å². The van der Waals surface area contributed by atoms with Gasteiger partial charge in [0, 0.05) is 5.56 Å². The molecule has 0 spiro atoms. The van der Waals surface area contributed by atoms with Crippen LogP contribution in [0.2, 0.25) is 0 Å². The third-order valence-electron chi connectivity index (χ3n) is 1.60. The van der Waals surface area contributed by atoms with Crippen LogP contribution in [0.4, 0.5) is 4.39 Å². The third-order valence-corrected chi connectivity index (χ3v) is 2.21. The number of rotatable bonds is 2. The predicted molar refractivity (Wildman–Crippen MR) is 48.2 cm³/mol. The quantitative estimate of drug-likeness (QED) is 0.842. The molecule has 1 aromatic carbocycles. The van der Waals surface area contributed by atoms with Gasteiger partial charge in [-0.05, 0) is 22.0 Å². The maximum Gasteiger partial charge on any atom is 0.208 e. The maximum absolute atomic E-state index is 13.2. The van der Waals surface area contributed by atoms with Crippen molar-refractivity contribution in [2.24, 2.45) is 0 Å². The molecule has 0 fully saturated rings. The summed E-state index contributed by atoms with van der Waals surface area (Å²) in [6, 6.07) is 1.40. The summed E-state index contributed by atoms with van der Waals surface area (Å²) in [5.41, 5.74) is 0.282. The summed E-state index contributed by atoms with van der Waals surface area (Å²) in [5, 5.41) is 18.0. The predicted octanol–water partition coefficient (Wildman–Crippen LogP) is 1.79. The molecule has 0 bridgehead atoms. The van der Waals surface area contributed by atoms with Crippen LogP contribution in [0.25, 0.3) is 0 Å². The van der Waals surface area contributed by atoms with Crippen LogP contribution in [-0.4, -0.2) is 17.3 Å². The van der Waals surface area contributed by atoms with Crippen molar-refractivity contribution in [3.8, 4) is 11.5 Å². The van der Waals surface area contributed by atoms with Gasteiger partial charge in [0.05, 0.1) is 18.2 Å². The van der Waals surface area contributed by atoms with Crippen LogP contribution in [0.15, 0.2) is 10.5 Å². The number of ether oxygens (including phenoxy) is 1. The van der Waals surface area contributed by atoms with Crippen molar-refractivity contribution in [3.05, 3.63) is 21.9 Å². The number of aromatic hydroxyl groups is 1. The van der Waals surface area contributed by atoms with Gasteiger partial charge in [0.25, 0.3) is 0 Å². The molecular formula is C8H8BrFO3. The van der Waals surface area contributed by atoms with Crippen molar-refractivity contribution in [2.75, 3.05) is 7.11 Å². The van der Waals surface area contributed by atoms with Crippen LogP contribution in [0, 0.1) is 5.82 Å². The Bertz CT molecular complexity index is 328. The minimum Gasteiger partial charge on any atom is -0.504 e. The van der Waals surface area contributed by atoms with Crippen molar-refractivity contribution in [2.45, 2.75) is 6.61 Å². The molecule has 0 aromatic heterocycles. The summed E-state index contributed by atoms with van der Waals surface area (Å²) in [7, 11) is 1.27. The number of phenolic OH excluding ortho intramolecular Hbond substituents is 1. The van der Waals surface area contributed by atoms with Gasteiger partial charge in [0.15, 0.2) is 11.5 Å². The number of hydrogen-bond acceptors (Lipinski definition) is 3. The number of phenols is 1. The summed E-state index contributed by atoms with van der Waals surface area (Å²) in [6.45, 7) is -0.348. The summed E-state index contributed by atoms with van der Waals surface area (Å²) >= 11 is 2.94. The number of aliphatic hydroxyl groups is 1. The van der Waals surface area contributed by atoms with Crippen LogP contribution < -0.4 is 4.74 Å². The van der Waals surface area contributed by atoms with E-state index < -0.39 is 11.6 Å². The lowest BCUT2D eigenvalue weighted by atomic mass is 10.2. The van der Waals surface area contributed by atoms with Gasteiger partial charge in [-0.2, -0.15) is 4.39 Å². The molecule has 2 N–H and O–H groups in total. The smallest absolute Gasteiger partial charge is 0.208 e. The number of benzene rings is 1. The maximum atomic E-state index is 13.2. The van der Waals surface area contributed by atoms with Gasteiger partial charge < -0.3 is 14.9 Å². The Hall–Kier alpha value is -0.810. The molecule has 3 nitrogen and oxygen atoms in total. The summed E-state index contributed by atoms with van der Waals surface area (Å²) < 4.78 is 18.1. The molecule has 72 valence electrons. The molecule has 0 saturated heterocycles. The molecule has 0 heterocycles. The fourth-order valence-corrected chi connectivity index (χ4v) is 1.43. The lowest BCUT2D eigenvalue weighted by molar-refractivity contribution is 0.269. The SMILES string of the molecule is COc1c(CO)cc(Br)c(O)c1F. The fraction of sp³-hybridized carbons (Fsp3) is 0.250. The van der Waals surface area contributed by atoms with E-state index in [1.54, 1.807) is 0 Å². The Kier molecular flexibility index (Phi) is 3.11. The summed E-state index contributed by atoms with van der Waals surface area (Å²) in [6.07, 6.45) is 0. The average molecular weight is 251 g/mol. The normalized spacial score (nSPS) is 10.2. The van der Waals surface area contributed by atoms with E-state index in [4.69, 9.17) is 10.2 Å². The first-order valence-corrected chi connectivity index (χ1v) is 4.25. The Morgan fingerprint density at radius 2 is 2.23 bits per heavy atom. The van der Waals surface area contributed by atoms with E-state index in [9.17, 15) is 4.39 Å². The topological polar surface area (TPSA) is 49.7 Å². The fourth-order valence-electron chi connectivity index (χ4n) is 0.978. The number of methoxy groups -OCH3 is 1. The van der Waals surface area contributed by atoms with Gasteiger partial charge in [-0.15, -0.1) is 0 Å². The molecule has 0 unspecified atom stereocenters. The standard InChI is InChI=1S/C8H8BrFO3/c1-13-8-4(3-11)2-5(9)7(12)6(8)10/h2,11-12H,3H2,1H3. The third kappa shape index (κ3) is 1.76. The van der Waals surface area contributed by atoms with Crippen LogP contribution >= 0.6 is 15.9 Å². The van der Waals surface area contributed by atoms with E-state index in [0.29, 0.717) is 0 Å². The Balaban J connectivity index is 3.39. The molecule has 0 aliphatic heterocycles. The number of aliphatic hydroxyl groups excluding tert-OH is 1. The zero-order chi connectivity index (χ0) is 10.0.